The number of hydrogen-bond acceptors (Lipinski definition) is 5. The van der Waals surface area contributed by atoms with Gasteiger partial charge in [0.2, 0.25) is 0 Å². The molecule has 0 saturated carbocycles. The molecular weight excluding hydrogens is 242 g/mol. The molecule has 1 rings (SSSR count). The first kappa shape index (κ1) is 13.9. The number of aliphatic hydroxyl groups excluding tert-OH is 1. The largest absolute Gasteiger partial charge is 0.480 e. The van der Waals surface area contributed by atoms with Crippen molar-refractivity contribution in [2.24, 2.45) is 7.05 Å². The summed E-state index contributed by atoms with van der Waals surface area (Å²) in [6.07, 6.45) is 2.02. The summed E-state index contributed by atoms with van der Waals surface area (Å²) in [5.74, 6) is -0.590. The summed E-state index contributed by atoms with van der Waals surface area (Å²) in [5.41, 5.74) is 0. The number of hydrogen-bond donors (Lipinski definition) is 4. The minimum atomic E-state index is -1.31. The Hall–Kier alpha value is -2.16. The van der Waals surface area contributed by atoms with Gasteiger partial charge in [-0.25, -0.2) is 9.59 Å². The summed E-state index contributed by atoms with van der Waals surface area (Å²) in [4.78, 5) is 21.8. The highest BCUT2D eigenvalue weighted by Gasteiger charge is 2.18. The van der Waals surface area contributed by atoms with E-state index in [9.17, 15) is 9.59 Å². The predicted octanol–water partition coefficient (Wildman–Crippen LogP) is -1.90. The van der Waals surface area contributed by atoms with Crippen molar-refractivity contribution in [1.29, 1.82) is 0 Å². The van der Waals surface area contributed by atoms with E-state index >= 15 is 0 Å². The zero-order chi connectivity index (χ0) is 13.5. The van der Waals surface area contributed by atoms with Crippen molar-refractivity contribution in [1.82, 2.24) is 25.4 Å². The maximum absolute atomic E-state index is 11.3. The summed E-state index contributed by atoms with van der Waals surface area (Å²) in [6, 6.07) is -1.96. The van der Waals surface area contributed by atoms with Crippen LogP contribution in [-0.2, 0) is 18.3 Å². The second-order valence-electron chi connectivity index (χ2n) is 3.58. The first-order chi connectivity index (χ1) is 8.54. The van der Waals surface area contributed by atoms with Crippen LogP contribution in [0.5, 0.6) is 0 Å². The van der Waals surface area contributed by atoms with Crippen LogP contribution in [0.15, 0.2) is 6.33 Å². The van der Waals surface area contributed by atoms with E-state index in [1.807, 2.05) is 0 Å². The SMILES string of the molecule is Cn1cnnc1CCNC(=O)N[C@@H](CO)C(=O)O. The number of aliphatic hydroxyl groups is 1. The van der Waals surface area contributed by atoms with Crippen molar-refractivity contribution < 1.29 is 19.8 Å². The number of nitrogens with zero attached hydrogens (tertiary/aromatic N) is 3. The summed E-state index contributed by atoms with van der Waals surface area (Å²) in [6.45, 7) is -0.373. The number of nitrogens with one attached hydrogen (secondary N) is 2. The zero-order valence-electron chi connectivity index (χ0n) is 9.83. The van der Waals surface area contributed by atoms with E-state index in [1.165, 1.54) is 0 Å². The number of carboxylic acid groups (broad SMARTS) is 1. The van der Waals surface area contributed by atoms with Gasteiger partial charge in [0.1, 0.15) is 12.2 Å². The lowest BCUT2D eigenvalue weighted by Gasteiger charge is -2.12. The van der Waals surface area contributed by atoms with Crippen LogP contribution < -0.4 is 10.6 Å². The average molecular weight is 257 g/mol. The van der Waals surface area contributed by atoms with E-state index in [1.54, 1.807) is 17.9 Å². The Morgan fingerprint density at radius 3 is 2.78 bits per heavy atom. The van der Waals surface area contributed by atoms with Crippen LogP contribution in [0.25, 0.3) is 0 Å². The van der Waals surface area contributed by atoms with Gasteiger partial charge in [-0.2, -0.15) is 0 Å². The molecule has 4 N–H and O–H groups in total. The maximum Gasteiger partial charge on any atom is 0.328 e. The monoisotopic (exact) mass is 257 g/mol. The van der Waals surface area contributed by atoms with Gasteiger partial charge in [-0.15, -0.1) is 10.2 Å². The third-order valence-electron chi connectivity index (χ3n) is 2.23. The Balaban J connectivity index is 2.29. The summed E-state index contributed by atoms with van der Waals surface area (Å²) >= 11 is 0. The number of carbonyl (C=O) groups excluding carboxylic acids is 1. The smallest absolute Gasteiger partial charge is 0.328 e. The molecule has 1 atom stereocenters. The Kier molecular flexibility index (Phi) is 5.06. The Bertz CT molecular complexity index is 419. The molecule has 0 aliphatic heterocycles. The Morgan fingerprint density at radius 1 is 1.56 bits per heavy atom. The van der Waals surface area contributed by atoms with Gasteiger partial charge < -0.3 is 25.4 Å². The fraction of sp³-hybridized carbons (Fsp3) is 0.556. The van der Waals surface area contributed by atoms with Crippen molar-refractivity contribution >= 4 is 12.0 Å². The minimum absolute atomic E-state index is 0.288. The predicted molar refractivity (Wildman–Crippen MR) is 59.8 cm³/mol. The van der Waals surface area contributed by atoms with E-state index in [-0.39, 0.29) is 6.54 Å². The number of rotatable bonds is 6. The van der Waals surface area contributed by atoms with E-state index < -0.39 is 24.6 Å². The molecule has 1 heterocycles. The van der Waals surface area contributed by atoms with Crippen LogP contribution in [0.4, 0.5) is 4.79 Å². The second kappa shape index (κ2) is 6.55. The van der Waals surface area contributed by atoms with Gasteiger partial charge in [0.25, 0.3) is 0 Å². The summed E-state index contributed by atoms with van der Waals surface area (Å²) in [7, 11) is 1.78. The molecule has 0 aliphatic rings. The zero-order valence-corrected chi connectivity index (χ0v) is 9.83. The molecule has 0 fully saturated rings. The third-order valence-corrected chi connectivity index (χ3v) is 2.23. The van der Waals surface area contributed by atoms with Crippen LogP contribution >= 0.6 is 0 Å². The van der Waals surface area contributed by atoms with Crippen molar-refractivity contribution in [3.8, 4) is 0 Å². The quantitative estimate of drug-likeness (QED) is 0.471. The first-order valence-corrected chi connectivity index (χ1v) is 5.25. The van der Waals surface area contributed by atoms with Crippen LogP contribution in [0.3, 0.4) is 0 Å². The van der Waals surface area contributed by atoms with Gasteiger partial charge >= 0.3 is 12.0 Å². The van der Waals surface area contributed by atoms with E-state index in [0.717, 1.165) is 0 Å². The molecule has 18 heavy (non-hydrogen) atoms. The topological polar surface area (TPSA) is 129 Å². The lowest BCUT2D eigenvalue weighted by molar-refractivity contribution is -0.140. The van der Waals surface area contributed by atoms with Gasteiger partial charge in [0, 0.05) is 20.0 Å². The molecule has 0 spiro atoms. The number of carbonyl (C=O) groups is 2. The lowest BCUT2D eigenvalue weighted by Crippen LogP contribution is -2.48. The van der Waals surface area contributed by atoms with Crippen LogP contribution in [0, 0.1) is 0 Å². The van der Waals surface area contributed by atoms with Gasteiger partial charge in [-0.1, -0.05) is 0 Å². The molecule has 0 bridgehead atoms. The second-order valence-corrected chi connectivity index (χ2v) is 3.58. The molecule has 100 valence electrons. The molecule has 2 amide bonds. The van der Waals surface area contributed by atoms with E-state index in [0.29, 0.717) is 12.2 Å². The summed E-state index contributed by atoms with van der Waals surface area (Å²) < 4.78 is 1.72. The third kappa shape index (κ3) is 4.01. The highest BCUT2D eigenvalue weighted by atomic mass is 16.4. The van der Waals surface area contributed by atoms with Crippen LogP contribution in [0.2, 0.25) is 0 Å². The molecule has 1 aromatic rings. The highest BCUT2D eigenvalue weighted by Crippen LogP contribution is 1.91. The number of urea groups is 1. The first-order valence-electron chi connectivity index (χ1n) is 5.25. The van der Waals surface area contributed by atoms with Gasteiger partial charge in [0.15, 0.2) is 6.04 Å². The molecule has 0 saturated heterocycles. The number of aromatic nitrogens is 3. The molecule has 1 aromatic heterocycles. The van der Waals surface area contributed by atoms with Crippen molar-refractivity contribution in [2.45, 2.75) is 12.5 Å². The fourth-order valence-corrected chi connectivity index (χ4v) is 1.22. The van der Waals surface area contributed by atoms with E-state index in [2.05, 4.69) is 20.8 Å². The highest BCUT2D eigenvalue weighted by molar-refractivity contribution is 5.82. The van der Waals surface area contributed by atoms with E-state index in [4.69, 9.17) is 10.2 Å². The molecule has 0 unspecified atom stereocenters. The number of aryl methyl sites for hydroxylation is 1. The minimum Gasteiger partial charge on any atom is -0.480 e. The van der Waals surface area contributed by atoms with Crippen molar-refractivity contribution in [3.05, 3.63) is 12.2 Å². The molecule has 9 heteroatoms. The fourth-order valence-electron chi connectivity index (χ4n) is 1.22. The maximum atomic E-state index is 11.3. The number of carboxylic acids is 1. The lowest BCUT2D eigenvalue weighted by atomic mass is 10.3. The van der Waals surface area contributed by atoms with Crippen LogP contribution in [-0.4, -0.2) is 56.2 Å². The number of aliphatic carboxylic acids is 1. The molecular formula is C9H15N5O4. The van der Waals surface area contributed by atoms with Gasteiger partial charge in [0.05, 0.1) is 6.61 Å². The molecule has 9 nitrogen and oxygen atoms in total. The van der Waals surface area contributed by atoms with Crippen molar-refractivity contribution in [3.63, 3.8) is 0 Å². The van der Waals surface area contributed by atoms with Gasteiger partial charge in [-0.3, -0.25) is 0 Å². The molecule has 0 aliphatic carbocycles. The normalized spacial score (nSPS) is 11.9. The number of amides is 2. The standard InChI is InChI=1S/C9H15N5O4/c1-14-5-11-13-7(14)2-3-10-9(18)12-6(4-15)8(16)17/h5-6,15H,2-4H2,1H3,(H,16,17)(H2,10,12,18)/t6-/m0/s1. The molecule has 0 aromatic carbocycles. The van der Waals surface area contributed by atoms with Crippen molar-refractivity contribution in [2.75, 3.05) is 13.2 Å². The Labute approximate surface area is 103 Å². The Morgan fingerprint density at radius 2 is 2.28 bits per heavy atom. The summed E-state index contributed by atoms with van der Waals surface area (Å²) in [5, 5.41) is 29.4. The molecule has 0 radical (unpaired) electrons. The average Bonchev–Trinajstić information content (AvgIpc) is 2.71. The van der Waals surface area contributed by atoms with Crippen LogP contribution in [0.1, 0.15) is 5.82 Å². The van der Waals surface area contributed by atoms with Gasteiger partial charge in [-0.05, 0) is 0 Å².